The first-order chi connectivity index (χ1) is 15.6. The number of nitrogens with one attached hydrogen (secondary N) is 1. The number of ether oxygens (including phenoxy) is 1. The molecule has 1 atom stereocenters. The zero-order chi connectivity index (χ0) is 24.2. The van der Waals surface area contributed by atoms with Gasteiger partial charge in [-0.1, -0.05) is 66.5 Å². The van der Waals surface area contributed by atoms with E-state index in [1.165, 1.54) is 12.1 Å². The first-order valence-electron chi connectivity index (χ1n) is 9.92. The van der Waals surface area contributed by atoms with Gasteiger partial charge in [0, 0.05) is 5.88 Å². The summed E-state index contributed by atoms with van der Waals surface area (Å²) in [5, 5.41) is 3.35. The van der Waals surface area contributed by atoms with Crippen molar-refractivity contribution in [3.63, 3.8) is 0 Å². The topological polar surface area (TPSA) is 38.3 Å². The van der Waals surface area contributed by atoms with Gasteiger partial charge in [-0.15, -0.1) is 24.8 Å². The Morgan fingerprint density at radius 1 is 1.00 bits per heavy atom. The summed E-state index contributed by atoms with van der Waals surface area (Å²) in [5.41, 5.74) is 3.46. The van der Waals surface area contributed by atoms with Crippen LogP contribution in [0.2, 0.25) is 10.0 Å². The van der Waals surface area contributed by atoms with Gasteiger partial charge < -0.3 is 10.1 Å². The molecular weight excluding hydrogens is 498 g/mol. The van der Waals surface area contributed by atoms with Gasteiger partial charge in [0.15, 0.2) is 0 Å². The molecule has 0 aliphatic carbocycles. The van der Waals surface area contributed by atoms with E-state index in [0.717, 1.165) is 22.3 Å². The molecule has 3 aromatic carbocycles. The molecule has 0 saturated carbocycles. The molecule has 0 saturated heterocycles. The van der Waals surface area contributed by atoms with Crippen molar-refractivity contribution in [1.82, 2.24) is 5.32 Å². The number of alkyl halides is 4. The van der Waals surface area contributed by atoms with Crippen molar-refractivity contribution >= 4 is 40.7 Å². The molecule has 33 heavy (non-hydrogen) atoms. The highest BCUT2D eigenvalue weighted by molar-refractivity contribution is 6.39. The summed E-state index contributed by atoms with van der Waals surface area (Å²) in [6.45, 7) is 1.96. The molecule has 0 spiro atoms. The Hall–Kier alpha value is -2.41. The highest BCUT2D eigenvalue weighted by atomic mass is 35.5. The van der Waals surface area contributed by atoms with E-state index in [1.54, 1.807) is 30.3 Å². The van der Waals surface area contributed by atoms with Gasteiger partial charge in [-0.2, -0.15) is 0 Å². The molecule has 3 rings (SSSR count). The van der Waals surface area contributed by atoms with E-state index in [1.807, 2.05) is 25.1 Å². The van der Waals surface area contributed by atoms with E-state index >= 15 is 0 Å². The van der Waals surface area contributed by atoms with Crippen molar-refractivity contribution in [2.24, 2.45) is 0 Å². The Balaban J connectivity index is 1.85. The van der Waals surface area contributed by atoms with Gasteiger partial charge in [0.05, 0.1) is 21.7 Å². The van der Waals surface area contributed by atoms with Gasteiger partial charge in [0.2, 0.25) is 0 Å². The summed E-state index contributed by atoms with van der Waals surface area (Å²) in [7, 11) is 0. The molecule has 9 heteroatoms. The van der Waals surface area contributed by atoms with Crippen molar-refractivity contribution in [3.8, 4) is 16.9 Å². The van der Waals surface area contributed by atoms with E-state index in [0.29, 0.717) is 6.42 Å². The Bertz CT molecular complexity index is 1110. The number of carbonyl (C=O) groups excluding carboxylic acids is 1. The highest BCUT2D eigenvalue weighted by Gasteiger charge is 2.31. The highest BCUT2D eigenvalue weighted by Crippen LogP contribution is 2.31. The van der Waals surface area contributed by atoms with Gasteiger partial charge in [-0.25, -0.2) is 0 Å². The third kappa shape index (κ3) is 6.34. The molecule has 174 valence electrons. The van der Waals surface area contributed by atoms with E-state index in [2.05, 4.69) is 10.1 Å². The van der Waals surface area contributed by atoms with Gasteiger partial charge >= 0.3 is 6.36 Å². The number of hydrogen-bond acceptors (Lipinski definition) is 2. The second kappa shape index (κ2) is 10.7. The predicted molar refractivity (Wildman–Crippen MR) is 125 cm³/mol. The van der Waals surface area contributed by atoms with Crippen LogP contribution in [-0.4, -0.2) is 18.1 Å². The van der Waals surface area contributed by atoms with Crippen molar-refractivity contribution in [3.05, 3.63) is 87.4 Å². The van der Waals surface area contributed by atoms with Crippen LogP contribution >= 0.6 is 34.8 Å². The van der Waals surface area contributed by atoms with Gasteiger partial charge in [0.1, 0.15) is 5.75 Å². The monoisotopic (exact) mass is 515 g/mol. The molecule has 0 fully saturated rings. The molecule has 1 amide bonds. The molecule has 1 N–H and O–H groups in total. The van der Waals surface area contributed by atoms with Crippen LogP contribution < -0.4 is 10.1 Å². The quantitative estimate of drug-likeness (QED) is 0.325. The number of benzene rings is 3. The first-order valence-corrected chi connectivity index (χ1v) is 11.2. The molecule has 3 aromatic rings. The minimum atomic E-state index is -4.74. The number of halogens is 6. The van der Waals surface area contributed by atoms with Gasteiger partial charge in [0.25, 0.3) is 5.91 Å². The fraction of sp³-hybridized carbons (Fsp3) is 0.208. The fourth-order valence-corrected chi connectivity index (χ4v) is 4.24. The van der Waals surface area contributed by atoms with Crippen LogP contribution in [0.5, 0.6) is 5.75 Å². The van der Waals surface area contributed by atoms with E-state index in [9.17, 15) is 18.0 Å². The maximum Gasteiger partial charge on any atom is 0.573 e. The van der Waals surface area contributed by atoms with Crippen LogP contribution in [0.15, 0.2) is 60.7 Å². The second-order valence-corrected chi connectivity index (χ2v) is 8.24. The van der Waals surface area contributed by atoms with Crippen LogP contribution in [0.3, 0.4) is 0 Å². The lowest BCUT2D eigenvalue weighted by Crippen LogP contribution is -2.30. The van der Waals surface area contributed by atoms with Gasteiger partial charge in [-0.3, -0.25) is 4.79 Å². The molecule has 0 aliphatic heterocycles. The SMILES string of the molecule is CCc1cc(-c2ccc(OC(F)(F)F)cc2)ccc1C(CCl)NC(=O)c1c(Cl)cccc1Cl. The lowest BCUT2D eigenvalue weighted by atomic mass is 9.94. The van der Waals surface area contributed by atoms with Crippen LogP contribution in [0, 0.1) is 0 Å². The van der Waals surface area contributed by atoms with Crippen molar-refractivity contribution in [2.45, 2.75) is 25.7 Å². The predicted octanol–water partition coefficient (Wildman–Crippen LogP) is 7.83. The lowest BCUT2D eigenvalue weighted by molar-refractivity contribution is -0.274. The normalized spacial score (nSPS) is 12.3. The zero-order valence-electron chi connectivity index (χ0n) is 17.3. The molecule has 1 unspecified atom stereocenters. The van der Waals surface area contributed by atoms with Crippen LogP contribution in [0.4, 0.5) is 13.2 Å². The minimum absolute atomic E-state index is 0.115. The Kier molecular flexibility index (Phi) is 8.16. The second-order valence-electron chi connectivity index (χ2n) is 7.12. The third-order valence-corrected chi connectivity index (χ3v) is 5.91. The summed E-state index contributed by atoms with van der Waals surface area (Å²) in [6.07, 6.45) is -4.09. The van der Waals surface area contributed by atoms with Crippen molar-refractivity contribution in [1.29, 1.82) is 0 Å². The maximum atomic E-state index is 12.8. The van der Waals surface area contributed by atoms with Gasteiger partial charge in [-0.05, 0) is 52.9 Å². The summed E-state index contributed by atoms with van der Waals surface area (Å²) in [5.74, 6) is -0.617. The fourth-order valence-electron chi connectivity index (χ4n) is 3.43. The summed E-state index contributed by atoms with van der Waals surface area (Å²) < 4.78 is 41.1. The van der Waals surface area contributed by atoms with Crippen molar-refractivity contribution in [2.75, 3.05) is 5.88 Å². The average molecular weight is 517 g/mol. The van der Waals surface area contributed by atoms with Crippen LogP contribution in [-0.2, 0) is 6.42 Å². The number of amides is 1. The van der Waals surface area contributed by atoms with Crippen molar-refractivity contribution < 1.29 is 22.7 Å². The summed E-state index contributed by atoms with van der Waals surface area (Å²) >= 11 is 18.5. The molecule has 3 nitrogen and oxygen atoms in total. The Morgan fingerprint density at radius 3 is 2.15 bits per heavy atom. The van der Waals surface area contributed by atoms with Crippen LogP contribution in [0.1, 0.15) is 34.5 Å². The molecule has 0 bridgehead atoms. The number of carbonyl (C=O) groups is 1. The minimum Gasteiger partial charge on any atom is -0.406 e. The summed E-state index contributed by atoms with van der Waals surface area (Å²) in [6, 6.07) is 15.5. The van der Waals surface area contributed by atoms with Crippen LogP contribution in [0.25, 0.3) is 11.1 Å². The zero-order valence-corrected chi connectivity index (χ0v) is 19.6. The first kappa shape index (κ1) is 25.2. The molecule has 0 radical (unpaired) electrons. The standard InChI is InChI=1S/C24H19Cl3F3NO2/c1-2-14-12-16(15-6-9-17(10-7-15)33-24(28,29)30)8-11-18(14)21(13-25)31-23(32)22-19(26)4-3-5-20(22)27/h3-12,21H,2,13H2,1H3,(H,31,32). The molecular formula is C24H19Cl3F3NO2. The number of rotatable bonds is 7. The average Bonchev–Trinajstić information content (AvgIpc) is 2.76. The molecule has 0 heterocycles. The van der Waals surface area contributed by atoms with E-state index < -0.39 is 18.3 Å². The number of aryl methyl sites for hydroxylation is 1. The number of hydrogen-bond donors (Lipinski definition) is 1. The maximum absolute atomic E-state index is 12.8. The largest absolute Gasteiger partial charge is 0.573 e. The van der Waals surface area contributed by atoms with E-state index in [4.69, 9.17) is 34.8 Å². The summed E-state index contributed by atoms with van der Waals surface area (Å²) in [4.78, 5) is 12.8. The molecule has 0 aromatic heterocycles. The smallest absolute Gasteiger partial charge is 0.406 e. The Labute approximate surface area is 204 Å². The third-order valence-electron chi connectivity index (χ3n) is 4.97. The lowest BCUT2D eigenvalue weighted by Gasteiger charge is -2.21. The van der Waals surface area contributed by atoms with E-state index in [-0.39, 0.29) is 27.2 Å². The Morgan fingerprint density at radius 2 is 1.61 bits per heavy atom. The molecule has 0 aliphatic rings.